The number of methoxy groups -OCH3 is 1. The first kappa shape index (κ1) is 14.5. The van der Waals surface area contributed by atoms with E-state index in [0.29, 0.717) is 5.11 Å². The molecule has 0 fully saturated rings. The number of hydrogen-bond donors (Lipinski definition) is 2. The predicted octanol–water partition coefficient (Wildman–Crippen LogP) is 3.47. The van der Waals surface area contributed by atoms with Crippen molar-refractivity contribution in [3.8, 4) is 5.75 Å². The van der Waals surface area contributed by atoms with Gasteiger partial charge in [0.15, 0.2) is 5.11 Å². The predicted molar refractivity (Wildman–Crippen MR) is 88.9 cm³/mol. The van der Waals surface area contributed by atoms with Gasteiger partial charge in [0.2, 0.25) is 0 Å². The van der Waals surface area contributed by atoms with Gasteiger partial charge in [0.25, 0.3) is 0 Å². The van der Waals surface area contributed by atoms with Crippen molar-refractivity contribution in [2.45, 2.75) is 6.92 Å². The zero-order valence-corrected chi connectivity index (χ0v) is 12.8. The van der Waals surface area contributed by atoms with Gasteiger partial charge in [-0.15, -0.1) is 11.3 Å². The SMILES string of the molecule is COc1cccc(NC(=S)N/N=C(\C)c2cccs2)c1. The van der Waals surface area contributed by atoms with Crippen molar-refractivity contribution in [2.24, 2.45) is 5.10 Å². The molecule has 1 aromatic heterocycles. The molecule has 0 saturated carbocycles. The molecule has 1 heterocycles. The lowest BCUT2D eigenvalue weighted by atomic mass is 10.3. The lowest BCUT2D eigenvalue weighted by molar-refractivity contribution is 0.415. The zero-order valence-electron chi connectivity index (χ0n) is 11.2. The van der Waals surface area contributed by atoms with E-state index in [1.165, 1.54) is 0 Å². The second-order valence-corrected chi connectivity index (χ2v) is 5.33. The van der Waals surface area contributed by atoms with E-state index in [2.05, 4.69) is 15.8 Å². The Morgan fingerprint density at radius 3 is 2.85 bits per heavy atom. The maximum Gasteiger partial charge on any atom is 0.191 e. The van der Waals surface area contributed by atoms with E-state index in [1.807, 2.05) is 48.7 Å². The maximum atomic E-state index is 5.20. The van der Waals surface area contributed by atoms with E-state index < -0.39 is 0 Å². The van der Waals surface area contributed by atoms with E-state index in [9.17, 15) is 0 Å². The van der Waals surface area contributed by atoms with E-state index in [-0.39, 0.29) is 0 Å². The first-order chi connectivity index (χ1) is 9.69. The van der Waals surface area contributed by atoms with Crippen LogP contribution in [0.4, 0.5) is 5.69 Å². The van der Waals surface area contributed by atoms with Crippen LogP contribution >= 0.6 is 23.6 Å². The number of anilines is 1. The highest BCUT2D eigenvalue weighted by Crippen LogP contribution is 2.16. The second-order valence-electron chi connectivity index (χ2n) is 3.97. The molecule has 1 aromatic carbocycles. The van der Waals surface area contributed by atoms with Crippen LogP contribution in [0.1, 0.15) is 11.8 Å². The number of nitrogens with one attached hydrogen (secondary N) is 2. The fourth-order valence-corrected chi connectivity index (χ4v) is 2.37. The molecule has 0 spiro atoms. The average molecular weight is 305 g/mol. The molecule has 0 aliphatic carbocycles. The van der Waals surface area contributed by atoms with Gasteiger partial charge in [-0.05, 0) is 42.7 Å². The van der Waals surface area contributed by atoms with Crippen molar-refractivity contribution in [1.82, 2.24) is 5.43 Å². The Labute approximate surface area is 127 Å². The summed E-state index contributed by atoms with van der Waals surface area (Å²) in [6.45, 7) is 1.94. The number of nitrogens with zero attached hydrogens (tertiary/aromatic N) is 1. The Bertz CT molecular complexity index is 609. The number of thiocarbonyl (C=S) groups is 1. The Morgan fingerprint density at radius 1 is 1.30 bits per heavy atom. The fourth-order valence-electron chi connectivity index (χ4n) is 1.53. The molecule has 2 N–H and O–H groups in total. The lowest BCUT2D eigenvalue weighted by Gasteiger charge is -2.08. The van der Waals surface area contributed by atoms with E-state index >= 15 is 0 Å². The molecule has 0 saturated heterocycles. The van der Waals surface area contributed by atoms with Gasteiger partial charge in [-0.25, -0.2) is 0 Å². The standard InChI is InChI=1S/C14H15N3OS2/c1-10(13-7-4-8-20-13)16-17-14(19)15-11-5-3-6-12(9-11)18-2/h3-9H,1-2H3,(H2,15,17,19)/b16-10+. The van der Waals surface area contributed by atoms with Crippen molar-refractivity contribution < 1.29 is 4.74 Å². The number of hydrazone groups is 1. The minimum absolute atomic E-state index is 0.439. The number of rotatable bonds is 4. The average Bonchev–Trinajstić information content (AvgIpc) is 2.99. The summed E-state index contributed by atoms with van der Waals surface area (Å²) in [5, 5.41) is 9.76. The van der Waals surface area contributed by atoms with Gasteiger partial charge in [-0.2, -0.15) is 5.10 Å². The second kappa shape index (κ2) is 7.02. The fraction of sp³-hybridized carbons (Fsp3) is 0.143. The summed E-state index contributed by atoms with van der Waals surface area (Å²) >= 11 is 6.84. The van der Waals surface area contributed by atoms with Gasteiger partial charge >= 0.3 is 0 Å². The van der Waals surface area contributed by atoms with Gasteiger partial charge in [0.05, 0.1) is 12.8 Å². The molecule has 0 unspecified atom stereocenters. The van der Waals surface area contributed by atoms with Crippen molar-refractivity contribution in [3.63, 3.8) is 0 Å². The Balaban J connectivity index is 1.94. The summed E-state index contributed by atoms with van der Waals surface area (Å²) in [6.07, 6.45) is 0. The quantitative estimate of drug-likeness (QED) is 0.516. The van der Waals surface area contributed by atoms with Gasteiger partial charge < -0.3 is 10.1 Å². The van der Waals surface area contributed by atoms with Gasteiger partial charge in [-0.1, -0.05) is 12.1 Å². The highest BCUT2D eigenvalue weighted by atomic mass is 32.1. The normalized spacial score (nSPS) is 11.0. The molecule has 104 valence electrons. The van der Waals surface area contributed by atoms with Crippen molar-refractivity contribution in [2.75, 3.05) is 12.4 Å². The van der Waals surface area contributed by atoms with Crippen molar-refractivity contribution in [1.29, 1.82) is 0 Å². The van der Waals surface area contributed by atoms with E-state index in [4.69, 9.17) is 17.0 Å². The van der Waals surface area contributed by atoms with Crippen molar-refractivity contribution in [3.05, 3.63) is 46.7 Å². The molecule has 0 aliphatic heterocycles. The van der Waals surface area contributed by atoms with Gasteiger partial charge in [0.1, 0.15) is 5.75 Å². The molecule has 0 amide bonds. The largest absolute Gasteiger partial charge is 0.497 e. The third-order valence-electron chi connectivity index (χ3n) is 2.53. The molecule has 6 heteroatoms. The molecule has 0 aliphatic rings. The summed E-state index contributed by atoms with van der Waals surface area (Å²) in [5.74, 6) is 0.774. The van der Waals surface area contributed by atoms with Gasteiger partial charge in [0, 0.05) is 16.6 Å². The first-order valence-corrected chi connectivity index (χ1v) is 7.27. The summed E-state index contributed by atoms with van der Waals surface area (Å²) in [6, 6.07) is 11.6. The molecule has 4 nitrogen and oxygen atoms in total. The molecule has 2 aromatic rings. The van der Waals surface area contributed by atoms with Crippen LogP contribution in [-0.4, -0.2) is 17.9 Å². The van der Waals surface area contributed by atoms with E-state index in [1.54, 1.807) is 18.4 Å². The third-order valence-corrected chi connectivity index (χ3v) is 3.70. The number of thiophene rings is 1. The molecular formula is C14H15N3OS2. The highest BCUT2D eigenvalue weighted by Gasteiger charge is 2.00. The Kier molecular flexibility index (Phi) is 5.09. The summed E-state index contributed by atoms with van der Waals surface area (Å²) < 4.78 is 5.15. The topological polar surface area (TPSA) is 45.6 Å². The first-order valence-electron chi connectivity index (χ1n) is 5.98. The Hall–Kier alpha value is -1.92. The molecule has 2 rings (SSSR count). The van der Waals surface area contributed by atoms with Crippen LogP contribution in [0.2, 0.25) is 0 Å². The van der Waals surface area contributed by atoms with Crippen LogP contribution in [0.25, 0.3) is 0 Å². The zero-order chi connectivity index (χ0) is 14.4. The van der Waals surface area contributed by atoms with Gasteiger partial charge in [-0.3, -0.25) is 5.43 Å². The molecule has 0 atom stereocenters. The number of hydrogen-bond acceptors (Lipinski definition) is 4. The van der Waals surface area contributed by atoms with Crippen LogP contribution in [0, 0.1) is 0 Å². The van der Waals surface area contributed by atoms with Crippen LogP contribution in [0.3, 0.4) is 0 Å². The Morgan fingerprint density at radius 2 is 2.15 bits per heavy atom. The highest BCUT2D eigenvalue weighted by molar-refractivity contribution is 7.80. The molecule has 20 heavy (non-hydrogen) atoms. The summed E-state index contributed by atoms with van der Waals surface area (Å²) in [7, 11) is 1.63. The van der Waals surface area contributed by atoms with Crippen LogP contribution in [0.15, 0.2) is 46.9 Å². The number of ether oxygens (including phenoxy) is 1. The monoisotopic (exact) mass is 305 g/mol. The molecule has 0 radical (unpaired) electrons. The molecule has 0 bridgehead atoms. The third kappa shape index (κ3) is 4.04. The van der Waals surface area contributed by atoms with Crippen LogP contribution in [0.5, 0.6) is 5.75 Å². The van der Waals surface area contributed by atoms with E-state index in [0.717, 1.165) is 22.0 Å². The minimum Gasteiger partial charge on any atom is -0.497 e. The summed E-state index contributed by atoms with van der Waals surface area (Å²) in [5.41, 5.74) is 4.58. The maximum absolute atomic E-state index is 5.20. The van der Waals surface area contributed by atoms with Crippen LogP contribution < -0.4 is 15.5 Å². The number of benzene rings is 1. The van der Waals surface area contributed by atoms with Crippen molar-refractivity contribution >= 4 is 40.1 Å². The molecular weight excluding hydrogens is 290 g/mol. The smallest absolute Gasteiger partial charge is 0.191 e. The minimum atomic E-state index is 0.439. The summed E-state index contributed by atoms with van der Waals surface area (Å²) in [4.78, 5) is 1.11. The lowest BCUT2D eigenvalue weighted by Crippen LogP contribution is -2.24. The van der Waals surface area contributed by atoms with Crippen LogP contribution in [-0.2, 0) is 0 Å².